The highest BCUT2D eigenvalue weighted by molar-refractivity contribution is 5.40. The Kier molecular flexibility index (Phi) is 4.41. The van der Waals surface area contributed by atoms with Crippen molar-refractivity contribution in [3.8, 4) is 5.75 Å². The molecule has 0 saturated heterocycles. The van der Waals surface area contributed by atoms with E-state index in [1.807, 2.05) is 42.5 Å². The minimum absolute atomic E-state index is 0.714. The van der Waals surface area contributed by atoms with Crippen LogP contribution in [0.15, 0.2) is 54.6 Å². The van der Waals surface area contributed by atoms with Gasteiger partial charge in [-0.2, -0.15) is 0 Å². The van der Waals surface area contributed by atoms with Crippen LogP contribution >= 0.6 is 0 Å². The fourth-order valence-corrected chi connectivity index (χ4v) is 2.55. The number of nitrogens with two attached hydrogens (primary N) is 1. The second-order valence-electron chi connectivity index (χ2n) is 5.61. The van der Waals surface area contributed by atoms with Crippen molar-refractivity contribution in [3.63, 3.8) is 0 Å². The van der Waals surface area contributed by atoms with Gasteiger partial charge in [0.15, 0.2) is 0 Å². The summed E-state index contributed by atoms with van der Waals surface area (Å²) in [6, 6.07) is 18.9. The van der Waals surface area contributed by atoms with Gasteiger partial charge in [-0.1, -0.05) is 30.3 Å². The molecule has 2 aromatic rings. The standard InChI is InChI=1S/C18H22N2O/c19-16-6-4-5-15(13-16)14-20(17-9-10-17)11-12-21-18-7-2-1-3-8-18/h1-8,13,17H,9-12,14,19H2. The van der Waals surface area contributed by atoms with Crippen molar-refractivity contribution in [3.05, 3.63) is 60.2 Å². The molecule has 0 amide bonds. The average Bonchev–Trinajstić information content (AvgIpc) is 3.32. The summed E-state index contributed by atoms with van der Waals surface area (Å²) in [5.41, 5.74) is 7.98. The minimum Gasteiger partial charge on any atom is -0.492 e. The van der Waals surface area contributed by atoms with Crippen molar-refractivity contribution in [2.75, 3.05) is 18.9 Å². The number of anilines is 1. The summed E-state index contributed by atoms with van der Waals surface area (Å²) >= 11 is 0. The molecule has 0 unspecified atom stereocenters. The predicted octanol–water partition coefficient (Wildman–Crippen LogP) is 3.31. The Labute approximate surface area is 126 Å². The Balaban J connectivity index is 1.53. The van der Waals surface area contributed by atoms with Crippen LogP contribution in [0.5, 0.6) is 5.75 Å². The van der Waals surface area contributed by atoms with Crippen molar-refractivity contribution < 1.29 is 4.74 Å². The number of rotatable bonds is 7. The molecule has 0 aliphatic heterocycles. The largest absolute Gasteiger partial charge is 0.492 e. The highest BCUT2D eigenvalue weighted by Crippen LogP contribution is 2.28. The van der Waals surface area contributed by atoms with Crippen LogP contribution in [0.4, 0.5) is 5.69 Å². The summed E-state index contributed by atoms with van der Waals surface area (Å²) in [5, 5.41) is 0. The quantitative estimate of drug-likeness (QED) is 0.792. The zero-order valence-electron chi connectivity index (χ0n) is 12.2. The summed E-state index contributed by atoms with van der Waals surface area (Å²) < 4.78 is 5.81. The maximum Gasteiger partial charge on any atom is 0.119 e. The molecule has 0 radical (unpaired) electrons. The van der Waals surface area contributed by atoms with Gasteiger partial charge in [0, 0.05) is 24.8 Å². The summed E-state index contributed by atoms with van der Waals surface area (Å²) in [4.78, 5) is 2.50. The van der Waals surface area contributed by atoms with Gasteiger partial charge in [-0.3, -0.25) is 4.90 Å². The highest BCUT2D eigenvalue weighted by Gasteiger charge is 2.28. The van der Waals surface area contributed by atoms with Crippen LogP contribution in [0, 0.1) is 0 Å². The van der Waals surface area contributed by atoms with Crippen LogP contribution in [0.1, 0.15) is 18.4 Å². The molecule has 0 aromatic heterocycles. The number of hydrogen-bond acceptors (Lipinski definition) is 3. The molecule has 1 aliphatic carbocycles. The highest BCUT2D eigenvalue weighted by atomic mass is 16.5. The lowest BCUT2D eigenvalue weighted by molar-refractivity contribution is 0.195. The van der Waals surface area contributed by atoms with Crippen LogP contribution in [0.25, 0.3) is 0 Å². The third-order valence-electron chi connectivity index (χ3n) is 3.79. The van der Waals surface area contributed by atoms with E-state index in [2.05, 4.69) is 17.0 Å². The number of benzene rings is 2. The van der Waals surface area contributed by atoms with Crippen LogP contribution in [-0.4, -0.2) is 24.1 Å². The lowest BCUT2D eigenvalue weighted by atomic mass is 10.2. The van der Waals surface area contributed by atoms with Crippen molar-refractivity contribution in [2.45, 2.75) is 25.4 Å². The minimum atomic E-state index is 0.714. The second kappa shape index (κ2) is 6.64. The van der Waals surface area contributed by atoms with E-state index in [1.165, 1.54) is 18.4 Å². The monoisotopic (exact) mass is 282 g/mol. The van der Waals surface area contributed by atoms with Crippen molar-refractivity contribution >= 4 is 5.69 Å². The average molecular weight is 282 g/mol. The molecule has 2 aromatic carbocycles. The first-order valence-corrected chi connectivity index (χ1v) is 7.57. The van der Waals surface area contributed by atoms with Gasteiger partial charge in [-0.05, 0) is 42.7 Å². The van der Waals surface area contributed by atoms with Crippen molar-refractivity contribution in [2.24, 2.45) is 0 Å². The van der Waals surface area contributed by atoms with Gasteiger partial charge in [0.25, 0.3) is 0 Å². The van der Waals surface area contributed by atoms with Crippen molar-refractivity contribution in [1.29, 1.82) is 0 Å². The maximum absolute atomic E-state index is 5.86. The number of nitrogen functional groups attached to an aromatic ring is 1. The molecular formula is C18H22N2O. The molecule has 3 nitrogen and oxygen atoms in total. The number of nitrogens with zero attached hydrogens (tertiary/aromatic N) is 1. The Morgan fingerprint density at radius 2 is 1.86 bits per heavy atom. The van der Waals surface area contributed by atoms with Crippen LogP contribution in [0.2, 0.25) is 0 Å². The van der Waals surface area contributed by atoms with E-state index < -0.39 is 0 Å². The van der Waals surface area contributed by atoms with E-state index in [0.29, 0.717) is 6.04 Å². The van der Waals surface area contributed by atoms with Gasteiger partial charge in [0.2, 0.25) is 0 Å². The summed E-state index contributed by atoms with van der Waals surface area (Å²) in [6.45, 7) is 2.63. The molecule has 0 spiro atoms. The molecule has 1 saturated carbocycles. The summed E-state index contributed by atoms with van der Waals surface area (Å²) in [7, 11) is 0. The van der Waals surface area contributed by atoms with Crippen LogP contribution in [0.3, 0.4) is 0 Å². The molecule has 1 fully saturated rings. The Hall–Kier alpha value is -2.00. The Morgan fingerprint density at radius 3 is 2.57 bits per heavy atom. The topological polar surface area (TPSA) is 38.5 Å². The number of ether oxygens (including phenoxy) is 1. The van der Waals surface area contributed by atoms with E-state index in [0.717, 1.165) is 31.1 Å². The van der Waals surface area contributed by atoms with Gasteiger partial charge in [0.1, 0.15) is 12.4 Å². The SMILES string of the molecule is Nc1cccc(CN(CCOc2ccccc2)C2CC2)c1. The molecule has 0 heterocycles. The Bertz CT molecular complexity index is 566. The summed E-state index contributed by atoms with van der Waals surface area (Å²) in [6.07, 6.45) is 2.60. The molecule has 3 heteroatoms. The molecule has 110 valence electrons. The van der Waals surface area contributed by atoms with Crippen LogP contribution in [-0.2, 0) is 6.54 Å². The van der Waals surface area contributed by atoms with E-state index >= 15 is 0 Å². The molecule has 3 rings (SSSR count). The maximum atomic E-state index is 5.86. The number of hydrogen-bond donors (Lipinski definition) is 1. The molecule has 21 heavy (non-hydrogen) atoms. The van der Waals surface area contributed by atoms with E-state index in [4.69, 9.17) is 10.5 Å². The first-order valence-electron chi connectivity index (χ1n) is 7.57. The lowest BCUT2D eigenvalue weighted by Crippen LogP contribution is -2.30. The van der Waals surface area contributed by atoms with Gasteiger partial charge in [-0.25, -0.2) is 0 Å². The van der Waals surface area contributed by atoms with E-state index in [1.54, 1.807) is 0 Å². The lowest BCUT2D eigenvalue weighted by Gasteiger charge is -2.22. The number of para-hydroxylation sites is 1. The second-order valence-corrected chi connectivity index (χ2v) is 5.61. The van der Waals surface area contributed by atoms with E-state index in [-0.39, 0.29) is 0 Å². The third-order valence-corrected chi connectivity index (χ3v) is 3.79. The zero-order valence-corrected chi connectivity index (χ0v) is 12.2. The molecule has 2 N–H and O–H groups in total. The predicted molar refractivity (Wildman–Crippen MR) is 86.2 cm³/mol. The fourth-order valence-electron chi connectivity index (χ4n) is 2.55. The first kappa shape index (κ1) is 14.0. The van der Waals surface area contributed by atoms with E-state index in [9.17, 15) is 0 Å². The van der Waals surface area contributed by atoms with Crippen LogP contribution < -0.4 is 10.5 Å². The fraction of sp³-hybridized carbons (Fsp3) is 0.333. The zero-order chi connectivity index (χ0) is 14.5. The molecular weight excluding hydrogens is 260 g/mol. The Morgan fingerprint density at radius 1 is 1.05 bits per heavy atom. The molecule has 0 atom stereocenters. The van der Waals surface area contributed by atoms with Gasteiger partial charge >= 0.3 is 0 Å². The molecule has 0 bridgehead atoms. The normalized spacial score (nSPS) is 14.3. The van der Waals surface area contributed by atoms with Gasteiger partial charge in [-0.15, -0.1) is 0 Å². The van der Waals surface area contributed by atoms with Gasteiger partial charge in [0.05, 0.1) is 0 Å². The van der Waals surface area contributed by atoms with Crippen molar-refractivity contribution in [1.82, 2.24) is 4.90 Å². The third kappa shape index (κ3) is 4.23. The first-order chi connectivity index (χ1) is 10.3. The molecule has 1 aliphatic rings. The van der Waals surface area contributed by atoms with Gasteiger partial charge < -0.3 is 10.5 Å². The smallest absolute Gasteiger partial charge is 0.119 e. The summed E-state index contributed by atoms with van der Waals surface area (Å²) in [5.74, 6) is 0.942.